The molecule has 9 nitrogen and oxygen atoms in total. The zero-order valence-corrected chi connectivity index (χ0v) is 47.9. The van der Waals surface area contributed by atoms with Crippen LogP contribution in [0, 0.1) is 0 Å². The third-order valence-corrected chi connectivity index (χ3v) is 15.2. The van der Waals surface area contributed by atoms with Crippen molar-refractivity contribution in [1.29, 1.82) is 0 Å². The molecule has 73 heavy (non-hydrogen) atoms. The van der Waals surface area contributed by atoms with Gasteiger partial charge in [-0.3, -0.25) is 4.79 Å². The van der Waals surface area contributed by atoms with Gasteiger partial charge in [-0.05, 0) is 57.8 Å². The number of nitrogens with one attached hydrogen (secondary N) is 1. The first-order chi connectivity index (χ1) is 35.8. The van der Waals surface area contributed by atoms with Crippen LogP contribution in [0.5, 0.6) is 0 Å². The summed E-state index contributed by atoms with van der Waals surface area (Å²) < 4.78 is 11.2. The van der Waals surface area contributed by atoms with E-state index in [4.69, 9.17) is 9.47 Å². The molecule has 0 aromatic heterocycles. The van der Waals surface area contributed by atoms with Crippen molar-refractivity contribution in [3.63, 3.8) is 0 Å². The Labute approximate surface area is 451 Å². The highest BCUT2D eigenvalue weighted by Crippen LogP contribution is 2.23. The number of aliphatic hydroxyl groups excluding tert-OH is 5. The molecule has 7 atom stereocenters. The fraction of sp³-hybridized carbons (Fsp3) is 0.891. The zero-order chi connectivity index (χ0) is 52.9. The van der Waals surface area contributed by atoms with Gasteiger partial charge < -0.3 is 40.3 Å². The highest BCUT2D eigenvalue weighted by atomic mass is 16.7. The van der Waals surface area contributed by atoms with Crippen molar-refractivity contribution in [2.45, 2.75) is 352 Å². The molecular weight excluding hydrogens is 911 g/mol. The lowest BCUT2D eigenvalue weighted by atomic mass is 9.99. The summed E-state index contributed by atoms with van der Waals surface area (Å²) in [6.07, 6.45) is 64.2. The van der Waals surface area contributed by atoms with Crippen molar-refractivity contribution >= 4 is 5.91 Å². The van der Waals surface area contributed by atoms with Gasteiger partial charge in [-0.2, -0.15) is 0 Å². The van der Waals surface area contributed by atoms with Crippen LogP contribution in [0.4, 0.5) is 0 Å². The van der Waals surface area contributed by atoms with E-state index in [1.807, 2.05) is 6.08 Å². The van der Waals surface area contributed by atoms with E-state index < -0.39 is 49.5 Å². The maximum Gasteiger partial charge on any atom is 0.220 e. The first-order valence-electron chi connectivity index (χ1n) is 31.7. The van der Waals surface area contributed by atoms with E-state index in [1.54, 1.807) is 6.08 Å². The van der Waals surface area contributed by atoms with Crippen molar-refractivity contribution in [2.24, 2.45) is 0 Å². The second-order valence-electron chi connectivity index (χ2n) is 22.2. The number of unbranched alkanes of at least 4 members (excludes halogenated alkanes) is 41. The molecule has 1 rings (SSSR count). The van der Waals surface area contributed by atoms with Crippen LogP contribution in [0.25, 0.3) is 0 Å². The quantitative estimate of drug-likeness (QED) is 0.0261. The molecule has 9 heteroatoms. The molecule has 1 aliphatic rings. The Bertz CT molecular complexity index is 1240. The molecule has 0 aromatic carbocycles. The van der Waals surface area contributed by atoms with Crippen LogP contribution in [0.2, 0.25) is 0 Å². The fourth-order valence-electron chi connectivity index (χ4n) is 10.2. The van der Waals surface area contributed by atoms with Crippen molar-refractivity contribution in [3.8, 4) is 0 Å². The number of hydrogen-bond donors (Lipinski definition) is 6. The summed E-state index contributed by atoms with van der Waals surface area (Å²) in [5, 5.41) is 54.3. The lowest BCUT2D eigenvalue weighted by Gasteiger charge is -2.40. The Hall–Kier alpha value is -1.59. The number of allylic oxidation sites excluding steroid dienone is 5. The lowest BCUT2D eigenvalue weighted by molar-refractivity contribution is -0.302. The van der Waals surface area contributed by atoms with E-state index in [-0.39, 0.29) is 12.5 Å². The van der Waals surface area contributed by atoms with Crippen molar-refractivity contribution in [3.05, 3.63) is 36.5 Å². The smallest absolute Gasteiger partial charge is 0.220 e. The Balaban J connectivity index is 2.01. The molecule has 1 aliphatic heterocycles. The maximum absolute atomic E-state index is 13.0. The van der Waals surface area contributed by atoms with Crippen molar-refractivity contribution < 1.29 is 39.8 Å². The van der Waals surface area contributed by atoms with Gasteiger partial charge in [0, 0.05) is 6.42 Å². The molecule has 430 valence electrons. The summed E-state index contributed by atoms with van der Waals surface area (Å²) in [4.78, 5) is 13.0. The average Bonchev–Trinajstić information content (AvgIpc) is 3.39. The molecule has 0 bridgehead atoms. The van der Waals surface area contributed by atoms with E-state index in [9.17, 15) is 30.3 Å². The average molecular weight is 1030 g/mol. The molecule has 6 N–H and O–H groups in total. The molecule has 0 radical (unpaired) electrons. The van der Waals surface area contributed by atoms with Crippen LogP contribution in [0.3, 0.4) is 0 Å². The summed E-state index contributed by atoms with van der Waals surface area (Å²) in [5.41, 5.74) is 0. The summed E-state index contributed by atoms with van der Waals surface area (Å²) in [6.45, 7) is 3.76. The largest absolute Gasteiger partial charge is 0.394 e. The number of rotatable bonds is 55. The standard InChI is InChI=1S/C64H121NO8/c1-3-5-7-9-11-13-15-16-17-18-19-20-21-22-23-24-25-26-27-28-29-30-31-32-33-34-35-36-37-38-39-40-41-42-44-46-48-50-52-54-60(68)65-57(56-72-64-63(71)62(70)61(69)59(55-66)73-64)58(67)53-51-49-47-45-43-14-12-10-8-6-4-2/h28-29,43,45,51,53,57-59,61-64,66-67,69-71H,3-27,30-42,44,46-50,52,54-56H2,1-2H3,(H,65,68)/b29-28-,45-43+,53-51+. The van der Waals surface area contributed by atoms with Gasteiger partial charge >= 0.3 is 0 Å². The Morgan fingerprint density at radius 1 is 0.452 bits per heavy atom. The van der Waals surface area contributed by atoms with Gasteiger partial charge in [-0.1, -0.05) is 281 Å². The first kappa shape index (κ1) is 69.4. The van der Waals surface area contributed by atoms with E-state index >= 15 is 0 Å². The Morgan fingerprint density at radius 2 is 0.781 bits per heavy atom. The minimum Gasteiger partial charge on any atom is -0.394 e. The summed E-state index contributed by atoms with van der Waals surface area (Å²) in [6, 6.07) is -0.819. The van der Waals surface area contributed by atoms with Gasteiger partial charge in [0.05, 0.1) is 25.4 Å². The SMILES string of the molecule is CCCCCCC/C=C/CC/C=C/C(O)C(COC1OC(CO)C(O)C(O)C1O)NC(=O)CCCCCCCCCCCCCCCCCCC/C=C\CCCCCCCCCCCCCCCCCCCC. The lowest BCUT2D eigenvalue weighted by Crippen LogP contribution is -2.60. The Morgan fingerprint density at radius 3 is 1.15 bits per heavy atom. The van der Waals surface area contributed by atoms with Gasteiger partial charge in [0.15, 0.2) is 6.29 Å². The van der Waals surface area contributed by atoms with Gasteiger partial charge in [0.25, 0.3) is 0 Å². The third-order valence-electron chi connectivity index (χ3n) is 15.2. The monoisotopic (exact) mass is 1030 g/mol. The van der Waals surface area contributed by atoms with Gasteiger partial charge in [0.2, 0.25) is 5.91 Å². The molecule has 0 aromatic rings. The number of hydrogen-bond acceptors (Lipinski definition) is 8. The van der Waals surface area contributed by atoms with E-state index in [0.717, 1.165) is 38.5 Å². The van der Waals surface area contributed by atoms with Crippen LogP contribution >= 0.6 is 0 Å². The summed E-state index contributed by atoms with van der Waals surface area (Å²) >= 11 is 0. The highest BCUT2D eigenvalue weighted by Gasteiger charge is 2.44. The van der Waals surface area contributed by atoms with Crippen molar-refractivity contribution in [1.82, 2.24) is 5.32 Å². The van der Waals surface area contributed by atoms with Crippen LogP contribution in [-0.2, 0) is 14.3 Å². The third kappa shape index (κ3) is 43.1. The van der Waals surface area contributed by atoms with Gasteiger partial charge in [-0.25, -0.2) is 0 Å². The van der Waals surface area contributed by atoms with Gasteiger partial charge in [0.1, 0.15) is 24.4 Å². The summed E-state index contributed by atoms with van der Waals surface area (Å²) in [7, 11) is 0. The topological polar surface area (TPSA) is 149 Å². The molecular formula is C64H121NO8. The van der Waals surface area contributed by atoms with Gasteiger partial charge in [-0.15, -0.1) is 0 Å². The van der Waals surface area contributed by atoms with E-state index in [2.05, 4.69) is 43.5 Å². The van der Waals surface area contributed by atoms with Crippen LogP contribution in [-0.4, -0.2) is 87.5 Å². The second-order valence-corrected chi connectivity index (χ2v) is 22.2. The van der Waals surface area contributed by atoms with Crippen LogP contribution < -0.4 is 5.32 Å². The number of amides is 1. The molecule has 1 amide bonds. The fourth-order valence-corrected chi connectivity index (χ4v) is 10.2. The summed E-state index contributed by atoms with van der Waals surface area (Å²) in [5.74, 6) is -0.184. The number of carbonyl (C=O) groups excluding carboxylic acids is 1. The maximum atomic E-state index is 13.0. The molecule has 7 unspecified atom stereocenters. The zero-order valence-electron chi connectivity index (χ0n) is 47.9. The second kappa shape index (κ2) is 53.8. The molecule has 0 saturated carbocycles. The predicted octanol–water partition coefficient (Wildman–Crippen LogP) is 16.3. The van der Waals surface area contributed by atoms with E-state index in [0.29, 0.717) is 6.42 Å². The molecule has 0 aliphatic carbocycles. The molecule has 1 saturated heterocycles. The highest BCUT2D eigenvalue weighted by molar-refractivity contribution is 5.76. The minimum atomic E-state index is -1.57. The number of ether oxygens (including phenoxy) is 2. The van der Waals surface area contributed by atoms with Crippen LogP contribution in [0.15, 0.2) is 36.5 Å². The first-order valence-corrected chi connectivity index (χ1v) is 31.7. The molecule has 1 heterocycles. The molecule has 1 fully saturated rings. The molecule has 0 spiro atoms. The predicted molar refractivity (Wildman–Crippen MR) is 309 cm³/mol. The Kier molecular flexibility index (Phi) is 51.2. The van der Waals surface area contributed by atoms with Crippen molar-refractivity contribution in [2.75, 3.05) is 13.2 Å². The number of carbonyl (C=O) groups is 1. The normalized spacial score (nSPS) is 19.2. The van der Waals surface area contributed by atoms with Crippen LogP contribution in [0.1, 0.15) is 309 Å². The minimum absolute atomic E-state index is 0.184. The number of aliphatic hydroxyl groups is 5. The van der Waals surface area contributed by atoms with E-state index in [1.165, 1.54) is 250 Å².